The smallest absolute Gasteiger partial charge is 0.258 e. The van der Waals surface area contributed by atoms with E-state index < -0.39 is 0 Å². The van der Waals surface area contributed by atoms with Crippen LogP contribution in [0.3, 0.4) is 0 Å². The Labute approximate surface area is 159 Å². The fourth-order valence-corrected chi connectivity index (χ4v) is 3.53. The monoisotopic (exact) mass is 380 g/mol. The summed E-state index contributed by atoms with van der Waals surface area (Å²) in [5.74, 6) is -0.657. The minimum Gasteiger partial charge on any atom is -0.322 e. The molecule has 4 rings (SSSR count). The number of hydrogen-bond donors (Lipinski definition) is 1. The summed E-state index contributed by atoms with van der Waals surface area (Å²) < 4.78 is 15.1. The average Bonchev–Trinajstić information content (AvgIpc) is 3.32. The minimum atomic E-state index is -0.352. The number of pyridine rings is 1. The van der Waals surface area contributed by atoms with Gasteiger partial charge < -0.3 is 9.88 Å². The Bertz CT molecular complexity index is 1100. The number of halogens is 1. The normalized spacial score (nSPS) is 11.3. The van der Waals surface area contributed by atoms with Crippen molar-refractivity contribution < 1.29 is 9.18 Å². The van der Waals surface area contributed by atoms with Gasteiger partial charge in [0.2, 0.25) is 0 Å². The molecule has 7 heteroatoms. The Morgan fingerprint density at radius 1 is 1.22 bits per heavy atom. The molecule has 0 aliphatic carbocycles. The lowest BCUT2D eigenvalue weighted by molar-refractivity contribution is 0.102. The zero-order chi connectivity index (χ0) is 19.0. The van der Waals surface area contributed by atoms with Gasteiger partial charge in [-0.1, -0.05) is 6.07 Å². The molecule has 0 saturated carbocycles. The molecule has 3 heterocycles. The lowest BCUT2D eigenvalue weighted by atomic mass is 10.1. The number of rotatable bonds is 4. The number of benzene rings is 1. The molecule has 0 unspecified atom stereocenters. The van der Waals surface area contributed by atoms with Gasteiger partial charge in [0.15, 0.2) is 5.65 Å². The summed E-state index contributed by atoms with van der Waals surface area (Å²) in [6, 6.07) is 11.5. The Morgan fingerprint density at radius 3 is 2.67 bits per heavy atom. The third kappa shape index (κ3) is 3.33. The lowest BCUT2D eigenvalue weighted by Crippen LogP contribution is -2.13. The predicted octanol–water partition coefficient (Wildman–Crippen LogP) is 5.13. The molecule has 136 valence electrons. The molecule has 0 atom stereocenters. The second-order valence-electron chi connectivity index (χ2n) is 6.41. The highest BCUT2D eigenvalue weighted by molar-refractivity contribution is 7.13. The molecule has 0 saturated heterocycles. The summed E-state index contributed by atoms with van der Waals surface area (Å²) in [5, 5.41) is 4.78. The molecule has 0 aliphatic heterocycles. The van der Waals surface area contributed by atoms with Gasteiger partial charge in [-0.25, -0.2) is 14.4 Å². The number of nitrogens with zero attached hydrogens (tertiary/aromatic N) is 3. The average molecular weight is 380 g/mol. The first-order valence-electron chi connectivity index (χ1n) is 8.51. The van der Waals surface area contributed by atoms with Crippen molar-refractivity contribution in [1.29, 1.82) is 0 Å². The molecule has 27 heavy (non-hydrogen) atoms. The molecule has 1 N–H and O–H groups in total. The van der Waals surface area contributed by atoms with Crippen LogP contribution < -0.4 is 5.32 Å². The summed E-state index contributed by atoms with van der Waals surface area (Å²) >= 11 is 1.56. The standard InChI is InChI=1S/C20H17FN4OS/c1-12(2)25-11-22-18-15(20(26)23-14-7-5-13(21)6-8-14)10-16(24-19(18)25)17-4-3-9-27-17/h3-12H,1-2H3,(H,23,26). The van der Waals surface area contributed by atoms with E-state index in [9.17, 15) is 9.18 Å². The van der Waals surface area contributed by atoms with Crippen LogP contribution in [0.4, 0.5) is 10.1 Å². The molecular formula is C20H17FN4OS. The Hall–Kier alpha value is -3.06. The van der Waals surface area contributed by atoms with E-state index in [2.05, 4.69) is 10.3 Å². The fraction of sp³-hybridized carbons (Fsp3) is 0.150. The van der Waals surface area contributed by atoms with Crippen LogP contribution in [0.1, 0.15) is 30.2 Å². The topological polar surface area (TPSA) is 59.8 Å². The molecule has 1 aromatic carbocycles. The van der Waals surface area contributed by atoms with E-state index in [1.54, 1.807) is 23.7 Å². The van der Waals surface area contributed by atoms with Crippen LogP contribution in [0, 0.1) is 5.82 Å². The van der Waals surface area contributed by atoms with Crippen molar-refractivity contribution >= 4 is 34.1 Å². The van der Waals surface area contributed by atoms with Crippen LogP contribution >= 0.6 is 11.3 Å². The van der Waals surface area contributed by atoms with E-state index in [1.807, 2.05) is 35.9 Å². The van der Waals surface area contributed by atoms with Crippen molar-refractivity contribution in [2.24, 2.45) is 0 Å². The predicted molar refractivity (Wildman–Crippen MR) is 106 cm³/mol. The summed E-state index contributed by atoms with van der Waals surface area (Å²) in [7, 11) is 0. The summed E-state index contributed by atoms with van der Waals surface area (Å²) in [6.07, 6.45) is 1.70. The number of nitrogens with one attached hydrogen (secondary N) is 1. The minimum absolute atomic E-state index is 0.161. The van der Waals surface area contributed by atoms with Crippen LogP contribution in [-0.4, -0.2) is 20.4 Å². The van der Waals surface area contributed by atoms with Gasteiger partial charge in [0.25, 0.3) is 5.91 Å². The summed E-state index contributed by atoms with van der Waals surface area (Å²) in [6.45, 7) is 4.08. The van der Waals surface area contributed by atoms with Crippen LogP contribution in [0.15, 0.2) is 54.2 Å². The molecule has 0 aliphatic rings. The molecule has 3 aromatic heterocycles. The van der Waals surface area contributed by atoms with E-state index in [0.717, 1.165) is 10.6 Å². The highest BCUT2D eigenvalue weighted by Gasteiger charge is 2.19. The van der Waals surface area contributed by atoms with Crippen LogP contribution in [-0.2, 0) is 0 Å². The maximum atomic E-state index is 13.1. The van der Waals surface area contributed by atoms with Gasteiger partial charge in [0.1, 0.15) is 11.3 Å². The third-order valence-electron chi connectivity index (χ3n) is 4.21. The van der Waals surface area contributed by atoms with Gasteiger partial charge in [0, 0.05) is 11.7 Å². The SMILES string of the molecule is CC(C)n1cnc2c(C(=O)Nc3ccc(F)cc3)cc(-c3cccs3)nc21. The van der Waals surface area contributed by atoms with E-state index in [0.29, 0.717) is 22.4 Å². The summed E-state index contributed by atoms with van der Waals surface area (Å²) in [5.41, 5.74) is 2.90. The quantitative estimate of drug-likeness (QED) is 0.534. The molecule has 0 spiro atoms. The maximum absolute atomic E-state index is 13.1. The van der Waals surface area contributed by atoms with Gasteiger partial charge in [0.05, 0.1) is 22.5 Å². The van der Waals surface area contributed by atoms with Crippen LogP contribution in [0.25, 0.3) is 21.7 Å². The first kappa shape index (κ1) is 17.4. The molecule has 0 fully saturated rings. The largest absolute Gasteiger partial charge is 0.322 e. The highest BCUT2D eigenvalue weighted by atomic mass is 32.1. The zero-order valence-corrected chi connectivity index (χ0v) is 15.6. The second-order valence-corrected chi connectivity index (χ2v) is 7.36. The van der Waals surface area contributed by atoms with Crippen LogP contribution in [0.5, 0.6) is 0 Å². The zero-order valence-electron chi connectivity index (χ0n) is 14.8. The van der Waals surface area contributed by atoms with Gasteiger partial charge in [-0.2, -0.15) is 0 Å². The Morgan fingerprint density at radius 2 is 2.00 bits per heavy atom. The number of carbonyl (C=O) groups is 1. The van der Waals surface area contributed by atoms with Gasteiger partial charge in [-0.3, -0.25) is 4.79 Å². The molecule has 1 amide bonds. The molecule has 0 bridgehead atoms. The van der Waals surface area contributed by atoms with Crippen molar-refractivity contribution in [3.8, 4) is 10.6 Å². The Balaban J connectivity index is 1.82. The number of anilines is 1. The number of carbonyl (C=O) groups excluding carboxylic acids is 1. The van der Waals surface area contributed by atoms with Gasteiger partial charge >= 0.3 is 0 Å². The van der Waals surface area contributed by atoms with E-state index in [4.69, 9.17) is 4.98 Å². The lowest BCUT2D eigenvalue weighted by Gasteiger charge is -2.10. The van der Waals surface area contributed by atoms with Crippen molar-refractivity contribution in [3.63, 3.8) is 0 Å². The van der Waals surface area contributed by atoms with Crippen molar-refractivity contribution in [2.75, 3.05) is 5.32 Å². The number of amides is 1. The number of aromatic nitrogens is 3. The maximum Gasteiger partial charge on any atom is 0.258 e. The number of hydrogen-bond acceptors (Lipinski definition) is 4. The fourth-order valence-electron chi connectivity index (χ4n) is 2.84. The second kappa shape index (κ2) is 6.92. The third-order valence-corrected chi connectivity index (χ3v) is 5.10. The molecular weight excluding hydrogens is 363 g/mol. The Kier molecular flexibility index (Phi) is 4.45. The first-order chi connectivity index (χ1) is 13.0. The highest BCUT2D eigenvalue weighted by Crippen LogP contribution is 2.29. The molecule has 5 nitrogen and oxygen atoms in total. The van der Waals surface area contributed by atoms with Crippen LogP contribution in [0.2, 0.25) is 0 Å². The van der Waals surface area contributed by atoms with E-state index >= 15 is 0 Å². The van der Waals surface area contributed by atoms with E-state index in [1.165, 1.54) is 24.3 Å². The van der Waals surface area contributed by atoms with Gasteiger partial charge in [-0.05, 0) is 55.6 Å². The van der Waals surface area contributed by atoms with E-state index in [-0.39, 0.29) is 17.8 Å². The van der Waals surface area contributed by atoms with Crippen molar-refractivity contribution in [1.82, 2.24) is 14.5 Å². The van der Waals surface area contributed by atoms with Gasteiger partial charge in [-0.15, -0.1) is 11.3 Å². The summed E-state index contributed by atoms with van der Waals surface area (Å²) in [4.78, 5) is 23.1. The van der Waals surface area contributed by atoms with Crippen molar-refractivity contribution in [3.05, 3.63) is 65.6 Å². The molecule has 0 radical (unpaired) electrons. The number of imidazole rings is 1. The molecule has 4 aromatic rings. The first-order valence-corrected chi connectivity index (χ1v) is 9.39. The number of fused-ring (bicyclic) bond motifs is 1. The number of thiophene rings is 1. The van der Waals surface area contributed by atoms with Crippen molar-refractivity contribution in [2.45, 2.75) is 19.9 Å².